The lowest BCUT2D eigenvalue weighted by Gasteiger charge is -2.20. The fourth-order valence-corrected chi connectivity index (χ4v) is 2.50. The van der Waals surface area contributed by atoms with Crippen molar-refractivity contribution in [3.8, 4) is 11.5 Å². The number of carbonyl (C=O) groups is 2. The predicted molar refractivity (Wildman–Crippen MR) is 99.8 cm³/mol. The van der Waals surface area contributed by atoms with Gasteiger partial charge in [-0.05, 0) is 56.7 Å². The first-order chi connectivity index (χ1) is 12.4. The Morgan fingerprint density at radius 3 is 2.31 bits per heavy atom. The summed E-state index contributed by atoms with van der Waals surface area (Å²) in [5.74, 6) is -0.147. The summed E-state index contributed by atoms with van der Waals surface area (Å²) in [4.78, 5) is 22.7. The molecule has 2 N–H and O–H groups in total. The van der Waals surface area contributed by atoms with E-state index in [0.29, 0.717) is 23.5 Å². The van der Waals surface area contributed by atoms with E-state index in [-0.39, 0.29) is 5.78 Å². The number of carboxylic acid groups (broad SMARTS) is 1. The van der Waals surface area contributed by atoms with E-state index in [4.69, 9.17) is 9.47 Å². The maximum atomic E-state index is 11.4. The zero-order chi connectivity index (χ0) is 19.3. The summed E-state index contributed by atoms with van der Waals surface area (Å²) < 4.78 is 11.0. The molecule has 0 aliphatic rings. The fraction of sp³-hybridized carbons (Fsp3) is 0.300. The van der Waals surface area contributed by atoms with Gasteiger partial charge in [-0.3, -0.25) is 4.79 Å². The lowest BCUT2D eigenvalue weighted by atomic mass is 10.1. The average molecular weight is 357 g/mol. The highest BCUT2D eigenvalue weighted by molar-refractivity contribution is 5.94. The zero-order valence-electron chi connectivity index (χ0n) is 15.3. The molecule has 2 aromatic carbocycles. The molecule has 26 heavy (non-hydrogen) atoms. The number of benzene rings is 2. The molecule has 0 saturated heterocycles. The standard InChI is InChI=1S/C20H23NO5/c1-5-17(20(23)24)26-19-12(2)16(10-11-18(19)25-4)21-15-8-6-14(7-9-15)13(3)22/h6-11,17,21H,5H2,1-4H3,(H,23,24). The molecule has 0 aliphatic heterocycles. The molecule has 138 valence electrons. The van der Waals surface area contributed by atoms with Crippen molar-refractivity contribution in [1.29, 1.82) is 0 Å². The average Bonchev–Trinajstić information content (AvgIpc) is 2.62. The van der Waals surface area contributed by atoms with E-state index >= 15 is 0 Å². The Morgan fingerprint density at radius 2 is 1.81 bits per heavy atom. The maximum Gasteiger partial charge on any atom is 0.344 e. The highest BCUT2D eigenvalue weighted by atomic mass is 16.5. The Labute approximate surface area is 152 Å². The van der Waals surface area contributed by atoms with Crippen molar-refractivity contribution in [2.24, 2.45) is 0 Å². The number of hydrogen-bond donors (Lipinski definition) is 2. The Bertz CT molecular complexity index is 799. The number of nitrogens with one attached hydrogen (secondary N) is 1. The van der Waals surface area contributed by atoms with Gasteiger partial charge in [0.15, 0.2) is 23.4 Å². The van der Waals surface area contributed by atoms with Gasteiger partial charge in [-0.15, -0.1) is 0 Å². The first kappa shape index (κ1) is 19.3. The topological polar surface area (TPSA) is 84.9 Å². The van der Waals surface area contributed by atoms with Gasteiger partial charge in [0, 0.05) is 22.5 Å². The monoisotopic (exact) mass is 357 g/mol. The molecule has 0 amide bonds. The molecule has 0 aliphatic carbocycles. The van der Waals surface area contributed by atoms with Crippen LogP contribution in [0.3, 0.4) is 0 Å². The smallest absolute Gasteiger partial charge is 0.344 e. The molecule has 0 heterocycles. The van der Waals surface area contributed by atoms with Crippen LogP contribution < -0.4 is 14.8 Å². The number of Topliss-reactive ketones (excluding diaryl/α,β-unsaturated/α-hetero) is 1. The van der Waals surface area contributed by atoms with E-state index in [0.717, 1.165) is 16.9 Å². The van der Waals surface area contributed by atoms with Crippen LogP contribution in [0.2, 0.25) is 0 Å². The number of rotatable bonds is 8. The Balaban J connectivity index is 2.33. The Morgan fingerprint density at radius 1 is 1.15 bits per heavy atom. The molecular formula is C20H23NO5. The first-order valence-corrected chi connectivity index (χ1v) is 8.32. The number of methoxy groups -OCH3 is 1. The second-order valence-electron chi connectivity index (χ2n) is 5.88. The second-order valence-corrected chi connectivity index (χ2v) is 5.88. The van der Waals surface area contributed by atoms with Crippen molar-refractivity contribution in [1.82, 2.24) is 0 Å². The number of carbonyl (C=O) groups excluding carboxylic acids is 1. The van der Waals surface area contributed by atoms with E-state index in [2.05, 4.69) is 5.32 Å². The van der Waals surface area contributed by atoms with Crippen LogP contribution in [0, 0.1) is 6.92 Å². The molecule has 1 atom stereocenters. The van der Waals surface area contributed by atoms with Crippen LogP contribution in [0.5, 0.6) is 11.5 Å². The van der Waals surface area contributed by atoms with Gasteiger partial charge >= 0.3 is 5.97 Å². The van der Waals surface area contributed by atoms with Gasteiger partial charge in [0.2, 0.25) is 0 Å². The predicted octanol–water partition coefficient (Wildman–Crippen LogP) is 4.19. The molecule has 6 heteroatoms. The SMILES string of the molecule is CCC(Oc1c(OC)ccc(Nc2ccc(C(C)=O)cc2)c1C)C(=O)O. The summed E-state index contributed by atoms with van der Waals surface area (Å²) in [6.07, 6.45) is -0.616. The number of hydrogen-bond acceptors (Lipinski definition) is 5. The lowest BCUT2D eigenvalue weighted by Crippen LogP contribution is -2.26. The van der Waals surface area contributed by atoms with Gasteiger partial charge in [0.1, 0.15) is 0 Å². The first-order valence-electron chi connectivity index (χ1n) is 8.32. The molecule has 0 aromatic heterocycles. The van der Waals surface area contributed by atoms with Crippen molar-refractivity contribution >= 4 is 23.1 Å². The minimum atomic E-state index is -1.02. The van der Waals surface area contributed by atoms with Gasteiger partial charge < -0.3 is 19.9 Å². The third kappa shape index (κ3) is 4.33. The van der Waals surface area contributed by atoms with Crippen molar-refractivity contribution in [3.63, 3.8) is 0 Å². The normalized spacial score (nSPS) is 11.5. The van der Waals surface area contributed by atoms with Crippen LogP contribution in [-0.4, -0.2) is 30.1 Å². The van der Waals surface area contributed by atoms with Gasteiger partial charge in [-0.2, -0.15) is 0 Å². The number of aliphatic carboxylic acids is 1. The largest absolute Gasteiger partial charge is 0.493 e. The van der Waals surface area contributed by atoms with E-state index in [1.807, 2.05) is 25.1 Å². The van der Waals surface area contributed by atoms with E-state index in [9.17, 15) is 14.7 Å². The molecule has 2 aromatic rings. The van der Waals surface area contributed by atoms with Gasteiger partial charge in [0.05, 0.1) is 7.11 Å². The number of ketones is 1. The third-order valence-electron chi connectivity index (χ3n) is 4.07. The molecular weight excluding hydrogens is 334 g/mol. The van der Waals surface area contributed by atoms with Gasteiger partial charge in [0.25, 0.3) is 0 Å². The molecule has 0 radical (unpaired) electrons. The number of carboxylic acids is 1. The summed E-state index contributed by atoms with van der Waals surface area (Å²) >= 11 is 0. The molecule has 0 saturated carbocycles. The fourth-order valence-electron chi connectivity index (χ4n) is 2.50. The quantitative estimate of drug-likeness (QED) is 0.689. The summed E-state index contributed by atoms with van der Waals surface area (Å²) in [5, 5.41) is 12.5. The van der Waals surface area contributed by atoms with Gasteiger partial charge in [-0.1, -0.05) is 6.92 Å². The summed E-state index contributed by atoms with van der Waals surface area (Å²) in [6, 6.07) is 10.7. The Hall–Kier alpha value is -3.02. The van der Waals surface area contributed by atoms with Crippen LogP contribution >= 0.6 is 0 Å². The van der Waals surface area contributed by atoms with Crippen molar-refractivity contribution in [2.75, 3.05) is 12.4 Å². The molecule has 0 spiro atoms. The van der Waals surface area contributed by atoms with Crippen LogP contribution in [0.15, 0.2) is 36.4 Å². The number of ether oxygens (including phenoxy) is 2. The zero-order valence-corrected chi connectivity index (χ0v) is 15.3. The molecule has 1 unspecified atom stereocenters. The minimum absolute atomic E-state index is 0.00661. The molecule has 6 nitrogen and oxygen atoms in total. The van der Waals surface area contributed by atoms with Gasteiger partial charge in [-0.25, -0.2) is 4.79 Å². The highest BCUT2D eigenvalue weighted by Gasteiger charge is 2.21. The second kappa shape index (κ2) is 8.38. The minimum Gasteiger partial charge on any atom is -0.493 e. The highest BCUT2D eigenvalue weighted by Crippen LogP contribution is 2.37. The van der Waals surface area contributed by atoms with E-state index in [1.165, 1.54) is 14.0 Å². The molecule has 0 fully saturated rings. The molecule has 0 bridgehead atoms. The lowest BCUT2D eigenvalue weighted by molar-refractivity contribution is -0.145. The van der Waals surface area contributed by atoms with Crippen LogP contribution in [0.25, 0.3) is 0 Å². The van der Waals surface area contributed by atoms with Crippen molar-refractivity contribution < 1.29 is 24.2 Å². The van der Waals surface area contributed by atoms with Crippen molar-refractivity contribution in [2.45, 2.75) is 33.3 Å². The van der Waals surface area contributed by atoms with E-state index in [1.54, 1.807) is 25.1 Å². The maximum absolute atomic E-state index is 11.4. The molecule has 2 rings (SSSR count). The number of anilines is 2. The van der Waals surface area contributed by atoms with Crippen LogP contribution in [0.1, 0.15) is 36.2 Å². The third-order valence-corrected chi connectivity index (χ3v) is 4.07. The Kier molecular flexibility index (Phi) is 6.22. The summed E-state index contributed by atoms with van der Waals surface area (Å²) in [6.45, 7) is 5.10. The van der Waals surface area contributed by atoms with Crippen molar-refractivity contribution in [3.05, 3.63) is 47.5 Å². The van der Waals surface area contributed by atoms with E-state index < -0.39 is 12.1 Å². The summed E-state index contributed by atoms with van der Waals surface area (Å²) in [5.41, 5.74) is 2.94. The van der Waals surface area contributed by atoms with Crippen LogP contribution in [0.4, 0.5) is 11.4 Å². The summed E-state index contributed by atoms with van der Waals surface area (Å²) in [7, 11) is 1.51. The van der Waals surface area contributed by atoms with Crippen LogP contribution in [-0.2, 0) is 4.79 Å².